The van der Waals surface area contributed by atoms with Crippen molar-refractivity contribution >= 4 is 17.9 Å². The molecule has 0 aromatic carbocycles. The van der Waals surface area contributed by atoms with E-state index in [1.165, 1.54) is 69.6 Å². The lowest BCUT2D eigenvalue weighted by Gasteiger charge is -2.33. The van der Waals surface area contributed by atoms with E-state index in [2.05, 4.69) is 34.6 Å². The topological polar surface area (TPSA) is 78.9 Å². The van der Waals surface area contributed by atoms with Crippen LogP contribution in [-0.2, 0) is 28.6 Å². The molecular formula is C56H88O6. The number of allylic oxidation sites excluding steroid dienone is 3. The normalized spacial score (nSPS) is 45.4. The summed E-state index contributed by atoms with van der Waals surface area (Å²) in [5.41, 5.74) is 2.51. The first-order valence-corrected chi connectivity index (χ1v) is 25.9. The van der Waals surface area contributed by atoms with Crippen LogP contribution in [0.1, 0.15) is 205 Å². The van der Waals surface area contributed by atoms with E-state index in [0.29, 0.717) is 17.8 Å². The molecule has 12 aliphatic carbocycles. The maximum atomic E-state index is 11.7. The van der Waals surface area contributed by atoms with E-state index in [-0.39, 0.29) is 34.7 Å². The van der Waals surface area contributed by atoms with Gasteiger partial charge in [-0.15, -0.1) is 0 Å². The van der Waals surface area contributed by atoms with Crippen LogP contribution in [-0.4, -0.2) is 34.7 Å². The highest BCUT2D eigenvalue weighted by Gasteiger charge is 2.67. The van der Waals surface area contributed by atoms with Gasteiger partial charge in [0.1, 0.15) is 16.8 Å². The Balaban J connectivity index is 0.000000119. The lowest BCUT2D eigenvalue weighted by Crippen LogP contribution is -2.37. The number of fused-ring (bicyclic) bond motifs is 9. The van der Waals surface area contributed by atoms with Crippen LogP contribution >= 0.6 is 0 Å². The van der Waals surface area contributed by atoms with Gasteiger partial charge in [-0.25, -0.2) is 14.4 Å². The molecule has 12 aliphatic rings. The Morgan fingerprint density at radius 2 is 0.806 bits per heavy atom. The Morgan fingerprint density at radius 1 is 0.435 bits per heavy atom. The van der Waals surface area contributed by atoms with Gasteiger partial charge in [0, 0.05) is 16.7 Å². The van der Waals surface area contributed by atoms with Crippen molar-refractivity contribution in [1.29, 1.82) is 0 Å². The van der Waals surface area contributed by atoms with E-state index in [1.807, 2.05) is 59.8 Å². The minimum atomic E-state index is -0.176. The Morgan fingerprint density at radius 3 is 0.984 bits per heavy atom. The van der Waals surface area contributed by atoms with E-state index < -0.39 is 0 Å². The van der Waals surface area contributed by atoms with E-state index in [4.69, 9.17) is 14.2 Å². The molecule has 348 valence electrons. The summed E-state index contributed by atoms with van der Waals surface area (Å²) < 4.78 is 17.0. The maximum absolute atomic E-state index is 11.7. The molecule has 12 bridgehead atoms. The summed E-state index contributed by atoms with van der Waals surface area (Å²) in [7, 11) is 0. The molecule has 0 aromatic rings. The molecule has 0 heterocycles. The van der Waals surface area contributed by atoms with Gasteiger partial charge in [0.2, 0.25) is 0 Å². The van der Waals surface area contributed by atoms with Gasteiger partial charge in [-0.05, 0) is 254 Å². The zero-order chi connectivity index (χ0) is 44.8. The van der Waals surface area contributed by atoms with Crippen LogP contribution < -0.4 is 0 Å². The van der Waals surface area contributed by atoms with Crippen molar-refractivity contribution in [2.45, 2.75) is 221 Å². The average molecular weight is 857 g/mol. The predicted molar refractivity (Wildman–Crippen MR) is 250 cm³/mol. The van der Waals surface area contributed by atoms with Crippen LogP contribution in [0.25, 0.3) is 0 Å². The number of ether oxygens (including phenoxy) is 3. The van der Waals surface area contributed by atoms with Gasteiger partial charge >= 0.3 is 17.9 Å². The minimum Gasteiger partial charge on any atom is -0.456 e. The summed E-state index contributed by atoms with van der Waals surface area (Å²) in [5.74, 6) is 10.7. The Hall–Kier alpha value is -2.37. The monoisotopic (exact) mass is 857 g/mol. The predicted octanol–water partition coefficient (Wildman–Crippen LogP) is 14.1. The number of esters is 3. The minimum absolute atomic E-state index is 0.132. The number of hydrogen-bond donors (Lipinski definition) is 0. The fourth-order valence-corrected chi connectivity index (χ4v) is 15.6. The number of carbonyl (C=O) groups excluding carboxylic acids is 3. The molecule has 15 unspecified atom stereocenters. The molecule has 0 aromatic heterocycles. The SMILES string of the molecule is C/C=C(\C)C(=O)OC1(C)CC2CCC1C2.C/C=C(\C)C(=O)OC1(C)CC2CCC1C2.C/C=C(\C)C(=O)OC1(C)CC2CCC1C2.CC12CC3CC[C@@H]1C2C3.CC1CC2CCC1C2. The molecule has 62 heavy (non-hydrogen) atoms. The lowest BCUT2D eigenvalue weighted by molar-refractivity contribution is -0.159. The molecule has 12 rings (SSSR count). The quantitative estimate of drug-likeness (QED) is 0.150. The third-order valence-electron chi connectivity index (χ3n) is 19.9. The van der Waals surface area contributed by atoms with Crippen LogP contribution in [0.5, 0.6) is 0 Å². The molecule has 6 heteroatoms. The number of hydrogen-bond acceptors (Lipinski definition) is 6. The van der Waals surface area contributed by atoms with Crippen molar-refractivity contribution in [2.75, 3.05) is 0 Å². The van der Waals surface area contributed by atoms with Gasteiger partial charge in [-0.3, -0.25) is 0 Å². The second kappa shape index (κ2) is 18.9. The van der Waals surface area contributed by atoms with Gasteiger partial charge in [-0.1, -0.05) is 44.9 Å². The first kappa shape index (κ1) is 47.6. The summed E-state index contributed by atoms with van der Waals surface area (Å²) in [5, 5.41) is 0. The summed E-state index contributed by atoms with van der Waals surface area (Å²) in [6, 6.07) is 0. The van der Waals surface area contributed by atoms with Crippen LogP contribution in [0.4, 0.5) is 0 Å². The third-order valence-corrected chi connectivity index (χ3v) is 19.9. The first-order chi connectivity index (χ1) is 29.3. The fourth-order valence-electron chi connectivity index (χ4n) is 15.6. The number of carbonyl (C=O) groups is 3. The molecule has 6 nitrogen and oxygen atoms in total. The fraction of sp³-hybridized carbons (Fsp3) is 0.839. The summed E-state index contributed by atoms with van der Waals surface area (Å²) in [6.07, 6.45) is 32.7. The van der Waals surface area contributed by atoms with E-state index in [1.54, 1.807) is 51.4 Å². The second-order valence-corrected chi connectivity index (χ2v) is 24.0. The highest BCUT2D eigenvalue weighted by molar-refractivity contribution is 5.88. The second-order valence-electron chi connectivity index (χ2n) is 24.0. The van der Waals surface area contributed by atoms with Crippen LogP contribution in [0.3, 0.4) is 0 Å². The van der Waals surface area contributed by atoms with E-state index in [0.717, 1.165) is 82.8 Å². The molecule has 16 atom stereocenters. The smallest absolute Gasteiger partial charge is 0.333 e. The molecular weight excluding hydrogens is 769 g/mol. The Kier molecular flexibility index (Phi) is 14.5. The summed E-state index contributed by atoms with van der Waals surface area (Å²) in [6.45, 7) is 22.3. The standard InChI is InChI=1S/3C13H20O2.C9H14.C8H14/c3*1-4-9(2)12(14)15-13(3)8-10-5-6-11(13)7-10;1-9-5-6-2-3-7(9)8(9)4-6;1-6-4-7-2-3-8(6)5-7/h3*4,10-11H,5-8H2,1-3H3;6-8H,2-5H2,1H3;6-8H,2-5H2,1H3/b3*9-4+;;/t;;;6?,7-,8?,9?;/m...1./s1. The van der Waals surface area contributed by atoms with E-state index >= 15 is 0 Å². The van der Waals surface area contributed by atoms with Crippen molar-refractivity contribution in [3.63, 3.8) is 0 Å². The Labute approximate surface area is 378 Å². The molecule has 0 radical (unpaired) electrons. The van der Waals surface area contributed by atoms with Gasteiger partial charge in [-0.2, -0.15) is 0 Å². The first-order valence-electron chi connectivity index (χ1n) is 25.9. The molecule has 12 saturated carbocycles. The average Bonchev–Trinajstić information content (AvgIpc) is 4.10. The zero-order valence-electron chi connectivity index (χ0n) is 41.3. The Bertz CT molecular complexity index is 1580. The van der Waals surface area contributed by atoms with Gasteiger partial charge in [0.05, 0.1) is 0 Å². The lowest BCUT2D eigenvalue weighted by atomic mass is 9.82. The van der Waals surface area contributed by atoms with Crippen molar-refractivity contribution in [1.82, 2.24) is 0 Å². The van der Waals surface area contributed by atoms with Crippen molar-refractivity contribution in [3.05, 3.63) is 34.9 Å². The number of rotatable bonds is 6. The van der Waals surface area contributed by atoms with Crippen LogP contribution in [0, 0.1) is 76.4 Å². The van der Waals surface area contributed by atoms with Gasteiger partial charge in [0.15, 0.2) is 0 Å². The van der Waals surface area contributed by atoms with Crippen LogP contribution in [0.2, 0.25) is 0 Å². The molecule has 12 fully saturated rings. The van der Waals surface area contributed by atoms with E-state index in [9.17, 15) is 14.4 Å². The summed E-state index contributed by atoms with van der Waals surface area (Å²) in [4.78, 5) is 35.2. The molecule has 0 N–H and O–H groups in total. The molecule has 0 saturated heterocycles. The highest BCUT2D eigenvalue weighted by Crippen LogP contribution is 2.75. The van der Waals surface area contributed by atoms with Crippen molar-refractivity contribution in [3.8, 4) is 0 Å². The highest BCUT2D eigenvalue weighted by atomic mass is 16.6. The largest absolute Gasteiger partial charge is 0.456 e. The molecule has 0 aliphatic heterocycles. The van der Waals surface area contributed by atoms with Gasteiger partial charge in [0.25, 0.3) is 0 Å². The molecule has 0 spiro atoms. The maximum Gasteiger partial charge on any atom is 0.333 e. The molecule has 0 amide bonds. The summed E-state index contributed by atoms with van der Waals surface area (Å²) >= 11 is 0. The van der Waals surface area contributed by atoms with Crippen molar-refractivity contribution in [2.24, 2.45) is 76.4 Å². The van der Waals surface area contributed by atoms with Gasteiger partial charge < -0.3 is 14.2 Å². The van der Waals surface area contributed by atoms with Crippen LogP contribution in [0.15, 0.2) is 34.9 Å². The third kappa shape index (κ3) is 10.0. The zero-order valence-corrected chi connectivity index (χ0v) is 41.3. The van der Waals surface area contributed by atoms with Crippen molar-refractivity contribution < 1.29 is 28.6 Å².